The number of aryl methyl sites for hydroxylation is 1. The van der Waals surface area contributed by atoms with Crippen LogP contribution in [0.1, 0.15) is 48.2 Å². The summed E-state index contributed by atoms with van der Waals surface area (Å²) in [5.74, 6) is 0.844. The predicted octanol–water partition coefficient (Wildman–Crippen LogP) is 5.16. The van der Waals surface area contributed by atoms with Crippen LogP contribution >= 0.6 is 0 Å². The molecule has 1 amide bonds. The summed E-state index contributed by atoms with van der Waals surface area (Å²) in [6.45, 7) is 1.92. The monoisotopic (exact) mass is 362 g/mol. The Morgan fingerprint density at radius 3 is 2.67 bits per heavy atom. The van der Waals surface area contributed by atoms with Gasteiger partial charge in [-0.05, 0) is 38.0 Å². The molecule has 3 aromatic rings. The molecule has 0 radical (unpaired) electrons. The summed E-state index contributed by atoms with van der Waals surface area (Å²) in [4.78, 5) is 16.2. The average Bonchev–Trinajstić information content (AvgIpc) is 3.18. The highest BCUT2D eigenvalue weighted by Gasteiger charge is 2.42. The molecule has 0 atom stereocenters. The lowest BCUT2D eigenvalue weighted by atomic mass is 9.94. The summed E-state index contributed by atoms with van der Waals surface area (Å²) in [7, 11) is 0. The maximum absolute atomic E-state index is 12.9. The summed E-state index contributed by atoms with van der Waals surface area (Å²) in [6, 6.07) is 13.4. The first-order valence-electron chi connectivity index (χ1n) is 9.54. The molecule has 2 heterocycles. The Bertz CT molecular complexity index is 1030. The molecule has 1 aromatic heterocycles. The van der Waals surface area contributed by atoms with Crippen molar-refractivity contribution in [2.24, 2.45) is 0 Å². The van der Waals surface area contributed by atoms with Crippen molar-refractivity contribution in [2.75, 3.05) is 5.32 Å². The summed E-state index contributed by atoms with van der Waals surface area (Å²) in [5.41, 5.74) is 3.20. The van der Waals surface area contributed by atoms with Crippen LogP contribution in [0.25, 0.3) is 10.9 Å². The molecule has 1 aliphatic carbocycles. The number of hydrogen-bond acceptors (Lipinski definition) is 3. The fourth-order valence-corrected chi connectivity index (χ4v) is 4.23. The number of hydrogen-bond donors (Lipinski definition) is 2. The number of ether oxygens (including phenoxy) is 2. The molecule has 2 aromatic carbocycles. The predicted molar refractivity (Wildman–Crippen MR) is 105 cm³/mol. The van der Waals surface area contributed by atoms with Crippen molar-refractivity contribution in [1.82, 2.24) is 4.98 Å². The van der Waals surface area contributed by atoms with E-state index in [2.05, 4.69) is 10.3 Å². The van der Waals surface area contributed by atoms with Gasteiger partial charge in [-0.15, -0.1) is 0 Å². The number of benzene rings is 2. The molecule has 1 spiro atoms. The van der Waals surface area contributed by atoms with Gasteiger partial charge in [-0.1, -0.05) is 24.6 Å². The Balaban J connectivity index is 1.40. The fourth-order valence-electron chi connectivity index (χ4n) is 4.23. The normalized spacial score (nSPS) is 17.4. The van der Waals surface area contributed by atoms with Crippen molar-refractivity contribution in [3.8, 4) is 11.5 Å². The first-order chi connectivity index (χ1) is 13.1. The number of H-pyrrole nitrogens is 1. The third-order valence-corrected chi connectivity index (χ3v) is 5.53. The number of para-hydroxylation sites is 1. The first-order valence-corrected chi connectivity index (χ1v) is 9.54. The number of rotatable bonds is 2. The second kappa shape index (κ2) is 6.05. The molecule has 138 valence electrons. The quantitative estimate of drug-likeness (QED) is 0.662. The lowest BCUT2D eigenvalue weighted by molar-refractivity contribution is -0.105. The second-order valence-corrected chi connectivity index (χ2v) is 7.46. The molecule has 2 N–H and O–H groups in total. The highest BCUT2D eigenvalue weighted by Crippen LogP contribution is 2.46. The van der Waals surface area contributed by atoms with Gasteiger partial charge in [0.05, 0.1) is 5.56 Å². The number of aromatic nitrogens is 1. The number of carbonyl (C=O) groups excluding carboxylic acids is 1. The Kier molecular flexibility index (Phi) is 3.64. The van der Waals surface area contributed by atoms with Crippen LogP contribution in [0.4, 0.5) is 5.69 Å². The molecule has 0 unspecified atom stereocenters. The summed E-state index contributed by atoms with van der Waals surface area (Å²) in [5, 5.41) is 3.93. The van der Waals surface area contributed by atoms with E-state index < -0.39 is 5.79 Å². The molecule has 1 fully saturated rings. The smallest absolute Gasteiger partial charge is 0.258 e. The molecular weight excluding hydrogens is 340 g/mol. The maximum atomic E-state index is 12.9. The highest BCUT2D eigenvalue weighted by molar-refractivity contribution is 6.14. The largest absolute Gasteiger partial charge is 0.448 e. The van der Waals surface area contributed by atoms with Crippen LogP contribution in [0.2, 0.25) is 0 Å². The molecule has 0 bridgehead atoms. The maximum Gasteiger partial charge on any atom is 0.258 e. The minimum atomic E-state index is -0.503. The number of nitrogens with one attached hydrogen (secondary N) is 2. The van der Waals surface area contributed by atoms with Crippen molar-refractivity contribution in [1.29, 1.82) is 0 Å². The lowest BCUT2D eigenvalue weighted by Crippen LogP contribution is -2.40. The Labute approximate surface area is 157 Å². The van der Waals surface area contributed by atoms with Gasteiger partial charge in [-0.2, -0.15) is 0 Å². The Morgan fingerprint density at radius 1 is 1.04 bits per heavy atom. The number of aromatic amines is 1. The molecular formula is C22H22N2O3. The van der Waals surface area contributed by atoms with Gasteiger partial charge in [0.2, 0.25) is 0 Å². The molecule has 5 heteroatoms. The second-order valence-electron chi connectivity index (χ2n) is 7.46. The van der Waals surface area contributed by atoms with Crippen molar-refractivity contribution in [3.05, 3.63) is 53.7 Å². The van der Waals surface area contributed by atoms with Crippen molar-refractivity contribution < 1.29 is 14.3 Å². The van der Waals surface area contributed by atoms with E-state index in [4.69, 9.17) is 9.47 Å². The van der Waals surface area contributed by atoms with Crippen molar-refractivity contribution >= 4 is 22.5 Å². The van der Waals surface area contributed by atoms with E-state index in [-0.39, 0.29) is 5.91 Å². The van der Waals surface area contributed by atoms with Crippen LogP contribution in [-0.2, 0) is 0 Å². The third-order valence-electron chi connectivity index (χ3n) is 5.53. The van der Waals surface area contributed by atoms with Crippen LogP contribution in [-0.4, -0.2) is 16.7 Å². The van der Waals surface area contributed by atoms with Crippen molar-refractivity contribution in [2.45, 2.75) is 44.8 Å². The number of amides is 1. The molecule has 1 saturated carbocycles. The van der Waals surface area contributed by atoms with E-state index in [9.17, 15) is 4.79 Å². The number of carbonyl (C=O) groups is 1. The average molecular weight is 362 g/mol. The first kappa shape index (κ1) is 16.2. The van der Waals surface area contributed by atoms with E-state index in [1.54, 1.807) is 0 Å². The van der Waals surface area contributed by atoms with Gasteiger partial charge in [0.1, 0.15) is 0 Å². The van der Waals surface area contributed by atoms with Crippen molar-refractivity contribution in [3.63, 3.8) is 0 Å². The molecule has 27 heavy (non-hydrogen) atoms. The van der Waals surface area contributed by atoms with Crippen LogP contribution < -0.4 is 14.8 Å². The molecule has 5 rings (SSSR count). The van der Waals surface area contributed by atoms with E-state index in [1.165, 1.54) is 6.42 Å². The summed E-state index contributed by atoms with van der Waals surface area (Å²) >= 11 is 0. The molecule has 1 aliphatic heterocycles. The standard InChI is InChI=1S/C22H22N2O3/c1-14-20(16-7-3-4-8-17(16)23-14)21(25)24-15-9-10-18-19(13-15)27-22(26-18)11-5-2-6-12-22/h3-4,7-10,13,23H,2,5-6,11-12H2,1H3,(H,24,25). The molecule has 2 aliphatic rings. The van der Waals surface area contributed by atoms with E-state index in [1.807, 2.05) is 49.4 Å². The van der Waals surface area contributed by atoms with E-state index in [0.717, 1.165) is 48.0 Å². The van der Waals surface area contributed by atoms with Crippen LogP contribution in [0.5, 0.6) is 11.5 Å². The van der Waals surface area contributed by atoms with Gasteiger partial charge >= 0.3 is 0 Å². The summed E-state index contributed by atoms with van der Waals surface area (Å²) in [6.07, 6.45) is 5.31. The number of fused-ring (bicyclic) bond motifs is 2. The van der Waals surface area contributed by atoms with Gasteiger partial charge < -0.3 is 19.8 Å². The summed E-state index contributed by atoms with van der Waals surface area (Å²) < 4.78 is 12.3. The molecule has 5 nitrogen and oxygen atoms in total. The van der Waals surface area contributed by atoms with Gasteiger partial charge in [0, 0.05) is 41.2 Å². The van der Waals surface area contributed by atoms with E-state index in [0.29, 0.717) is 17.0 Å². The Hall–Kier alpha value is -2.95. The van der Waals surface area contributed by atoms with Gasteiger partial charge in [0.15, 0.2) is 11.5 Å². The third kappa shape index (κ3) is 2.74. The SMILES string of the molecule is Cc1[nH]c2ccccc2c1C(=O)Nc1ccc2c(c1)OC1(CCCCC1)O2. The number of anilines is 1. The van der Waals surface area contributed by atoms with Gasteiger partial charge in [-0.25, -0.2) is 0 Å². The van der Waals surface area contributed by atoms with Crippen LogP contribution in [0.15, 0.2) is 42.5 Å². The lowest BCUT2D eigenvalue weighted by Gasteiger charge is -2.31. The molecule has 0 saturated heterocycles. The zero-order chi connectivity index (χ0) is 18.4. The minimum Gasteiger partial charge on any atom is -0.448 e. The topological polar surface area (TPSA) is 63.4 Å². The van der Waals surface area contributed by atoms with Crippen LogP contribution in [0, 0.1) is 6.92 Å². The minimum absolute atomic E-state index is 0.129. The van der Waals surface area contributed by atoms with E-state index >= 15 is 0 Å². The van der Waals surface area contributed by atoms with Gasteiger partial charge in [-0.3, -0.25) is 4.79 Å². The van der Waals surface area contributed by atoms with Gasteiger partial charge in [0.25, 0.3) is 11.7 Å². The Morgan fingerprint density at radius 2 is 1.81 bits per heavy atom. The highest BCUT2D eigenvalue weighted by atomic mass is 16.7. The zero-order valence-electron chi connectivity index (χ0n) is 15.3. The van der Waals surface area contributed by atoms with Crippen LogP contribution in [0.3, 0.4) is 0 Å². The fraction of sp³-hybridized carbons (Fsp3) is 0.318. The zero-order valence-corrected chi connectivity index (χ0v) is 15.3.